The largest absolute Gasteiger partial charge is 0.478 e. The Balaban J connectivity index is 1.56. The van der Waals surface area contributed by atoms with Gasteiger partial charge in [-0.1, -0.05) is 24.0 Å². The average Bonchev–Trinajstić information content (AvgIpc) is 3.23. The highest BCUT2D eigenvalue weighted by atomic mass is 32.2. The Hall–Kier alpha value is -2.91. The number of thiocarbonyl (C=S) groups is 1. The number of rotatable bonds is 6. The predicted molar refractivity (Wildman–Crippen MR) is 105 cm³/mol. The number of carboxylic acids is 1. The first-order valence-electron chi connectivity index (χ1n) is 7.86. The van der Waals surface area contributed by atoms with Gasteiger partial charge in [-0.15, -0.1) is 0 Å². The Labute approximate surface area is 164 Å². The normalized spacial score (nSPS) is 15.4. The highest BCUT2D eigenvalue weighted by Gasteiger charge is 2.32. The molecule has 0 spiro atoms. The Morgan fingerprint density at radius 1 is 1.26 bits per heavy atom. The second-order valence-electron chi connectivity index (χ2n) is 5.53. The van der Waals surface area contributed by atoms with Crippen LogP contribution in [0.4, 0.5) is 5.69 Å². The van der Waals surface area contributed by atoms with Gasteiger partial charge in [-0.2, -0.15) is 0 Å². The van der Waals surface area contributed by atoms with Gasteiger partial charge in [0.1, 0.15) is 10.1 Å². The van der Waals surface area contributed by atoms with Crippen LogP contribution >= 0.6 is 24.0 Å². The molecule has 2 heterocycles. The van der Waals surface area contributed by atoms with E-state index < -0.39 is 5.97 Å². The average molecular weight is 402 g/mol. The van der Waals surface area contributed by atoms with E-state index in [4.69, 9.17) is 21.7 Å². The van der Waals surface area contributed by atoms with Crippen LogP contribution in [0, 0.1) is 0 Å². The molecule has 0 atom stereocenters. The van der Waals surface area contributed by atoms with Gasteiger partial charge >= 0.3 is 5.97 Å². The van der Waals surface area contributed by atoms with Gasteiger partial charge in [-0.25, -0.2) is 4.79 Å². The number of benzene rings is 1. The van der Waals surface area contributed by atoms with E-state index >= 15 is 0 Å². The Kier molecular flexibility index (Phi) is 5.72. The SMILES string of the molecule is O=C(CCN1C(=O)C(=Cc2ccco2)SC1=S)Nc1ccc(C(=O)O)cc1. The summed E-state index contributed by atoms with van der Waals surface area (Å²) in [4.78, 5) is 37.2. The third-order valence-electron chi connectivity index (χ3n) is 3.67. The maximum absolute atomic E-state index is 12.4. The van der Waals surface area contributed by atoms with Gasteiger partial charge in [-0.3, -0.25) is 14.5 Å². The van der Waals surface area contributed by atoms with Crippen molar-refractivity contribution in [2.75, 3.05) is 11.9 Å². The van der Waals surface area contributed by atoms with Gasteiger partial charge in [0, 0.05) is 24.7 Å². The van der Waals surface area contributed by atoms with Crippen molar-refractivity contribution in [3.05, 3.63) is 58.9 Å². The summed E-state index contributed by atoms with van der Waals surface area (Å²) in [6, 6.07) is 9.27. The molecule has 2 aromatic rings. The lowest BCUT2D eigenvalue weighted by atomic mass is 10.2. The summed E-state index contributed by atoms with van der Waals surface area (Å²) in [7, 11) is 0. The fourth-order valence-electron chi connectivity index (χ4n) is 2.33. The first-order chi connectivity index (χ1) is 12.9. The zero-order valence-electron chi connectivity index (χ0n) is 13.9. The minimum absolute atomic E-state index is 0.0567. The lowest BCUT2D eigenvalue weighted by Gasteiger charge is -2.14. The van der Waals surface area contributed by atoms with Crippen LogP contribution in [0.25, 0.3) is 6.08 Å². The van der Waals surface area contributed by atoms with Crippen LogP contribution in [0.2, 0.25) is 0 Å². The quantitative estimate of drug-likeness (QED) is 0.565. The van der Waals surface area contributed by atoms with E-state index in [1.807, 2.05) is 0 Å². The molecule has 0 saturated carbocycles. The molecule has 3 rings (SSSR count). The summed E-state index contributed by atoms with van der Waals surface area (Å²) >= 11 is 6.38. The Morgan fingerprint density at radius 3 is 2.63 bits per heavy atom. The van der Waals surface area contributed by atoms with Gasteiger partial charge in [-0.05, 0) is 36.4 Å². The molecule has 1 saturated heterocycles. The molecular formula is C18H14N2O5S2. The van der Waals surface area contributed by atoms with E-state index in [1.54, 1.807) is 18.2 Å². The van der Waals surface area contributed by atoms with Gasteiger partial charge in [0.25, 0.3) is 5.91 Å². The van der Waals surface area contributed by atoms with Crippen molar-refractivity contribution < 1.29 is 23.9 Å². The monoisotopic (exact) mass is 402 g/mol. The summed E-state index contributed by atoms with van der Waals surface area (Å²) in [5, 5.41) is 11.5. The molecule has 2 amide bonds. The smallest absolute Gasteiger partial charge is 0.335 e. The summed E-state index contributed by atoms with van der Waals surface area (Å²) in [6.45, 7) is 0.152. The number of nitrogens with zero attached hydrogens (tertiary/aromatic N) is 1. The fourth-order valence-corrected chi connectivity index (χ4v) is 3.62. The van der Waals surface area contributed by atoms with Crippen LogP contribution < -0.4 is 5.32 Å². The number of amides is 2. The van der Waals surface area contributed by atoms with Crippen LogP contribution in [0.3, 0.4) is 0 Å². The zero-order chi connectivity index (χ0) is 19.4. The molecule has 138 valence electrons. The molecule has 1 aliphatic heterocycles. The fraction of sp³-hybridized carbons (Fsp3) is 0.111. The van der Waals surface area contributed by atoms with Crippen LogP contribution in [-0.4, -0.2) is 38.7 Å². The summed E-state index contributed by atoms with van der Waals surface area (Å²) in [5.74, 6) is -1.05. The van der Waals surface area contributed by atoms with E-state index in [0.717, 1.165) is 11.8 Å². The highest BCUT2D eigenvalue weighted by Crippen LogP contribution is 2.32. The topological polar surface area (TPSA) is 99.9 Å². The van der Waals surface area contributed by atoms with E-state index in [0.29, 0.717) is 20.7 Å². The van der Waals surface area contributed by atoms with E-state index in [9.17, 15) is 14.4 Å². The van der Waals surface area contributed by atoms with Crippen molar-refractivity contribution in [2.45, 2.75) is 6.42 Å². The number of thioether (sulfide) groups is 1. The minimum Gasteiger partial charge on any atom is -0.478 e. The molecule has 1 aromatic heterocycles. The molecule has 0 bridgehead atoms. The first kappa shape index (κ1) is 18.9. The third kappa shape index (κ3) is 4.63. The second kappa shape index (κ2) is 8.19. The molecule has 1 aromatic carbocycles. The molecular weight excluding hydrogens is 388 g/mol. The standard InChI is InChI=1S/C18H14N2O5S2/c21-15(19-12-5-3-11(4-6-12)17(23)24)7-8-20-16(22)14(27-18(20)26)10-13-2-1-9-25-13/h1-6,9-10H,7-8H2,(H,19,21)(H,23,24). The van der Waals surface area contributed by atoms with Crippen molar-refractivity contribution in [2.24, 2.45) is 0 Å². The van der Waals surface area contributed by atoms with Crippen molar-refractivity contribution in [3.8, 4) is 0 Å². The molecule has 0 radical (unpaired) electrons. The van der Waals surface area contributed by atoms with Crippen molar-refractivity contribution in [1.82, 2.24) is 4.90 Å². The number of aromatic carboxylic acids is 1. The molecule has 27 heavy (non-hydrogen) atoms. The highest BCUT2D eigenvalue weighted by molar-refractivity contribution is 8.26. The maximum atomic E-state index is 12.4. The molecule has 9 heteroatoms. The van der Waals surface area contributed by atoms with Crippen molar-refractivity contribution in [3.63, 3.8) is 0 Å². The maximum Gasteiger partial charge on any atom is 0.335 e. The number of furan rings is 1. The number of anilines is 1. The molecule has 7 nitrogen and oxygen atoms in total. The van der Waals surface area contributed by atoms with E-state index in [2.05, 4.69) is 5.32 Å². The van der Waals surface area contributed by atoms with E-state index in [-0.39, 0.29) is 30.3 Å². The van der Waals surface area contributed by atoms with Crippen LogP contribution in [-0.2, 0) is 9.59 Å². The lowest BCUT2D eigenvalue weighted by Crippen LogP contribution is -2.31. The number of carbonyl (C=O) groups excluding carboxylic acids is 2. The first-order valence-corrected chi connectivity index (χ1v) is 9.08. The number of hydrogen-bond acceptors (Lipinski definition) is 6. The van der Waals surface area contributed by atoms with Gasteiger partial charge in [0.2, 0.25) is 5.91 Å². The minimum atomic E-state index is -1.04. The zero-order valence-corrected chi connectivity index (χ0v) is 15.5. The number of hydrogen-bond donors (Lipinski definition) is 2. The van der Waals surface area contributed by atoms with Gasteiger partial charge in [0.15, 0.2) is 0 Å². The van der Waals surface area contributed by atoms with Crippen molar-refractivity contribution in [1.29, 1.82) is 0 Å². The summed E-state index contributed by atoms with van der Waals surface area (Å²) in [5.41, 5.74) is 0.613. The number of carbonyl (C=O) groups is 3. The predicted octanol–water partition coefficient (Wildman–Crippen LogP) is 3.21. The van der Waals surface area contributed by atoms with Gasteiger partial charge < -0.3 is 14.8 Å². The van der Waals surface area contributed by atoms with Crippen molar-refractivity contribution >= 4 is 57.8 Å². The van der Waals surface area contributed by atoms with Crippen LogP contribution in [0.1, 0.15) is 22.5 Å². The lowest BCUT2D eigenvalue weighted by molar-refractivity contribution is -0.122. The Bertz CT molecular complexity index is 920. The summed E-state index contributed by atoms with van der Waals surface area (Å²) in [6.07, 6.45) is 3.18. The van der Waals surface area contributed by atoms with Crippen LogP contribution in [0.15, 0.2) is 52.0 Å². The Morgan fingerprint density at radius 2 is 2.00 bits per heavy atom. The number of nitrogens with one attached hydrogen (secondary N) is 1. The molecule has 0 aliphatic carbocycles. The van der Waals surface area contributed by atoms with E-state index in [1.165, 1.54) is 35.4 Å². The molecule has 1 aliphatic rings. The molecule has 1 fully saturated rings. The molecule has 0 unspecified atom stereocenters. The van der Waals surface area contributed by atoms with Gasteiger partial charge in [0.05, 0.1) is 16.7 Å². The molecule has 2 N–H and O–H groups in total. The number of carboxylic acid groups (broad SMARTS) is 1. The summed E-state index contributed by atoms with van der Waals surface area (Å²) < 4.78 is 5.58. The third-order valence-corrected chi connectivity index (χ3v) is 5.05. The van der Waals surface area contributed by atoms with Crippen LogP contribution in [0.5, 0.6) is 0 Å². The second-order valence-corrected chi connectivity index (χ2v) is 7.21.